The number of carbonyl (C=O) groups excluding carboxylic acids is 1. The first-order chi connectivity index (χ1) is 12.0. The lowest BCUT2D eigenvalue weighted by atomic mass is 9.95. The van der Waals surface area contributed by atoms with Crippen molar-refractivity contribution in [3.8, 4) is 5.75 Å². The Kier molecular flexibility index (Phi) is 5.94. The number of carbonyl (C=O) groups is 1. The molecule has 2 heterocycles. The number of ether oxygens (including phenoxy) is 1. The van der Waals surface area contributed by atoms with E-state index in [9.17, 15) is 9.18 Å². The van der Waals surface area contributed by atoms with Crippen LogP contribution in [0.3, 0.4) is 0 Å². The Balaban J connectivity index is 1.45. The van der Waals surface area contributed by atoms with Crippen molar-refractivity contribution < 1.29 is 13.9 Å². The standard InChI is InChI=1S/C20H29FN2O2/c1-15(2)23-14-16(7-8-20(23)24)13-22-11-9-17(10-12-22)25-19-6-4-3-5-18(19)21/h3-6,15-17H,7-14H2,1-2H3. The third kappa shape index (κ3) is 4.72. The maximum Gasteiger partial charge on any atom is 0.222 e. The van der Waals surface area contributed by atoms with E-state index in [0.29, 0.717) is 24.0 Å². The van der Waals surface area contributed by atoms with Crippen molar-refractivity contribution in [3.63, 3.8) is 0 Å². The second-order valence-corrected chi connectivity index (χ2v) is 7.59. The molecule has 1 amide bonds. The molecule has 0 saturated carbocycles. The third-order valence-corrected chi connectivity index (χ3v) is 5.35. The zero-order chi connectivity index (χ0) is 17.8. The molecule has 0 spiro atoms. The summed E-state index contributed by atoms with van der Waals surface area (Å²) in [6, 6.07) is 6.91. The summed E-state index contributed by atoms with van der Waals surface area (Å²) in [5.41, 5.74) is 0. The van der Waals surface area contributed by atoms with Gasteiger partial charge in [0.05, 0.1) is 0 Å². The van der Waals surface area contributed by atoms with Gasteiger partial charge in [0, 0.05) is 38.6 Å². The molecule has 4 nitrogen and oxygen atoms in total. The zero-order valence-corrected chi connectivity index (χ0v) is 15.3. The Morgan fingerprint density at radius 2 is 1.92 bits per heavy atom. The fraction of sp³-hybridized carbons (Fsp3) is 0.650. The summed E-state index contributed by atoms with van der Waals surface area (Å²) in [4.78, 5) is 16.5. The van der Waals surface area contributed by atoms with Crippen LogP contribution in [0.4, 0.5) is 4.39 Å². The van der Waals surface area contributed by atoms with Crippen LogP contribution < -0.4 is 4.74 Å². The van der Waals surface area contributed by atoms with Crippen molar-refractivity contribution in [1.29, 1.82) is 0 Å². The maximum absolute atomic E-state index is 13.7. The highest BCUT2D eigenvalue weighted by Crippen LogP contribution is 2.24. The molecule has 2 fully saturated rings. The van der Waals surface area contributed by atoms with Crippen LogP contribution in [0.5, 0.6) is 5.75 Å². The summed E-state index contributed by atoms with van der Waals surface area (Å²) >= 11 is 0. The Bertz CT molecular complexity index is 585. The fourth-order valence-electron chi connectivity index (χ4n) is 3.89. The minimum Gasteiger partial charge on any atom is -0.487 e. The quantitative estimate of drug-likeness (QED) is 0.818. The minimum absolute atomic E-state index is 0.0910. The number of rotatable bonds is 5. The second-order valence-electron chi connectivity index (χ2n) is 7.59. The summed E-state index contributed by atoms with van der Waals surface area (Å²) in [5, 5.41) is 0. The molecule has 0 N–H and O–H groups in total. The Morgan fingerprint density at radius 1 is 1.20 bits per heavy atom. The highest BCUT2D eigenvalue weighted by Gasteiger charge is 2.30. The van der Waals surface area contributed by atoms with Crippen LogP contribution in [0.1, 0.15) is 39.5 Å². The Hall–Kier alpha value is -1.62. The van der Waals surface area contributed by atoms with Gasteiger partial charge >= 0.3 is 0 Å². The van der Waals surface area contributed by atoms with Gasteiger partial charge in [0.25, 0.3) is 0 Å². The van der Waals surface area contributed by atoms with Crippen LogP contribution in [-0.4, -0.2) is 54.0 Å². The van der Waals surface area contributed by atoms with E-state index in [4.69, 9.17) is 4.74 Å². The topological polar surface area (TPSA) is 32.8 Å². The molecule has 2 aliphatic rings. The van der Waals surface area contributed by atoms with Crippen LogP contribution in [0.15, 0.2) is 24.3 Å². The van der Waals surface area contributed by atoms with Crippen molar-refractivity contribution >= 4 is 5.91 Å². The van der Waals surface area contributed by atoms with Gasteiger partial charge in [-0.3, -0.25) is 4.79 Å². The second kappa shape index (κ2) is 8.17. The molecule has 0 bridgehead atoms. The first kappa shape index (κ1) is 18.2. The lowest BCUT2D eigenvalue weighted by Gasteiger charge is -2.39. The summed E-state index contributed by atoms with van der Waals surface area (Å²) < 4.78 is 19.5. The van der Waals surface area contributed by atoms with Gasteiger partial charge in [-0.2, -0.15) is 0 Å². The number of hydrogen-bond donors (Lipinski definition) is 0. The molecule has 1 atom stereocenters. The zero-order valence-electron chi connectivity index (χ0n) is 15.3. The van der Waals surface area contributed by atoms with Crippen LogP contribution in [0.2, 0.25) is 0 Å². The lowest BCUT2D eigenvalue weighted by molar-refractivity contribution is -0.137. The van der Waals surface area contributed by atoms with Gasteiger partial charge in [-0.25, -0.2) is 4.39 Å². The van der Waals surface area contributed by atoms with E-state index in [-0.39, 0.29) is 18.0 Å². The number of piperidine rings is 2. The number of likely N-dealkylation sites (tertiary alicyclic amines) is 2. The van der Waals surface area contributed by atoms with E-state index in [1.807, 2.05) is 4.90 Å². The number of amides is 1. The number of nitrogens with zero attached hydrogens (tertiary/aromatic N) is 2. The van der Waals surface area contributed by atoms with Gasteiger partial charge in [0.2, 0.25) is 5.91 Å². The first-order valence-corrected chi connectivity index (χ1v) is 9.46. The van der Waals surface area contributed by atoms with Crippen LogP contribution >= 0.6 is 0 Å². The monoisotopic (exact) mass is 348 g/mol. The number of hydrogen-bond acceptors (Lipinski definition) is 3. The number of halogens is 1. The van der Waals surface area contributed by atoms with Crippen molar-refractivity contribution in [1.82, 2.24) is 9.80 Å². The van der Waals surface area contributed by atoms with Crippen molar-refractivity contribution in [3.05, 3.63) is 30.1 Å². The lowest BCUT2D eigenvalue weighted by Crippen LogP contribution is -2.48. The van der Waals surface area contributed by atoms with E-state index in [1.54, 1.807) is 18.2 Å². The van der Waals surface area contributed by atoms with Gasteiger partial charge in [0.1, 0.15) is 6.10 Å². The van der Waals surface area contributed by atoms with E-state index >= 15 is 0 Å². The smallest absolute Gasteiger partial charge is 0.222 e. The van der Waals surface area contributed by atoms with E-state index in [2.05, 4.69) is 18.7 Å². The van der Waals surface area contributed by atoms with Crippen molar-refractivity contribution in [2.45, 2.75) is 51.7 Å². The summed E-state index contributed by atoms with van der Waals surface area (Å²) in [6.07, 6.45) is 3.61. The minimum atomic E-state index is -0.287. The molecule has 5 heteroatoms. The van der Waals surface area contributed by atoms with Gasteiger partial charge < -0.3 is 14.5 Å². The first-order valence-electron chi connectivity index (χ1n) is 9.46. The molecular weight excluding hydrogens is 319 g/mol. The summed E-state index contributed by atoms with van der Waals surface area (Å²) in [7, 11) is 0. The maximum atomic E-state index is 13.7. The van der Waals surface area contributed by atoms with Crippen LogP contribution in [0.25, 0.3) is 0 Å². The molecule has 1 aromatic rings. The number of para-hydroxylation sites is 1. The molecule has 1 aromatic carbocycles. The summed E-state index contributed by atoms with van der Waals surface area (Å²) in [6.45, 7) is 8.05. The molecular formula is C20H29FN2O2. The van der Waals surface area contributed by atoms with Crippen LogP contribution in [0, 0.1) is 11.7 Å². The predicted molar refractivity (Wildman–Crippen MR) is 96.1 cm³/mol. The molecule has 0 aliphatic carbocycles. The van der Waals surface area contributed by atoms with Crippen LogP contribution in [-0.2, 0) is 4.79 Å². The molecule has 2 saturated heterocycles. The highest BCUT2D eigenvalue weighted by molar-refractivity contribution is 5.77. The molecule has 25 heavy (non-hydrogen) atoms. The normalized spacial score (nSPS) is 23.3. The fourth-order valence-corrected chi connectivity index (χ4v) is 3.89. The van der Waals surface area contributed by atoms with Gasteiger partial charge in [-0.1, -0.05) is 12.1 Å². The third-order valence-electron chi connectivity index (χ3n) is 5.35. The highest BCUT2D eigenvalue weighted by atomic mass is 19.1. The van der Waals surface area contributed by atoms with Crippen molar-refractivity contribution in [2.24, 2.45) is 5.92 Å². The number of benzene rings is 1. The van der Waals surface area contributed by atoms with E-state index in [1.165, 1.54) is 6.07 Å². The largest absolute Gasteiger partial charge is 0.487 e. The SMILES string of the molecule is CC(C)N1CC(CN2CCC(Oc3ccccc3F)CC2)CCC1=O. The summed E-state index contributed by atoms with van der Waals surface area (Å²) in [5.74, 6) is 0.928. The Morgan fingerprint density at radius 3 is 2.60 bits per heavy atom. The predicted octanol–water partition coefficient (Wildman–Crippen LogP) is 3.32. The van der Waals surface area contributed by atoms with Gasteiger partial charge in [-0.05, 0) is 51.2 Å². The van der Waals surface area contributed by atoms with E-state index in [0.717, 1.165) is 45.4 Å². The van der Waals surface area contributed by atoms with Gasteiger partial charge in [-0.15, -0.1) is 0 Å². The molecule has 0 radical (unpaired) electrons. The average molecular weight is 348 g/mol. The molecule has 3 rings (SSSR count). The molecule has 0 aromatic heterocycles. The molecule has 138 valence electrons. The molecule has 2 aliphatic heterocycles. The van der Waals surface area contributed by atoms with Crippen molar-refractivity contribution in [2.75, 3.05) is 26.2 Å². The molecule has 1 unspecified atom stereocenters. The van der Waals surface area contributed by atoms with Gasteiger partial charge in [0.15, 0.2) is 11.6 Å². The average Bonchev–Trinajstić information content (AvgIpc) is 2.60. The Labute approximate surface area is 149 Å². The van der Waals surface area contributed by atoms with E-state index < -0.39 is 0 Å².